The van der Waals surface area contributed by atoms with Gasteiger partial charge in [-0.15, -0.1) is 0 Å². The maximum atomic E-state index is 6.80. The van der Waals surface area contributed by atoms with Gasteiger partial charge in [0, 0.05) is 38.0 Å². The Hall–Kier alpha value is -7.96. The van der Waals surface area contributed by atoms with Gasteiger partial charge in [-0.25, -0.2) is 9.98 Å². The van der Waals surface area contributed by atoms with Gasteiger partial charge in [-0.3, -0.25) is 0 Å². The zero-order chi connectivity index (χ0) is 38.6. The van der Waals surface area contributed by atoms with E-state index in [0.717, 1.165) is 82.7 Å². The van der Waals surface area contributed by atoms with E-state index in [1.807, 2.05) is 30.3 Å². The standard InChI is InChI=1S/C53H32N4O2/c1-2-13-32-26-35(25-24-31(32)12-1)51-54-52(41-20-11-19-40-38-17-6-9-22-47(38)58-49(40)41)56-53(55-51)44-30-36(29-43-39-18-7-10-23-48(39)59-50(43)44)57-45-21-8-5-16-37(45)42-27-33-14-3-4-15-34(33)28-46(42)57/h1-30,51H,(H,54,55,56). The minimum Gasteiger partial charge on any atom is -0.455 e. The average molecular weight is 757 g/mol. The summed E-state index contributed by atoms with van der Waals surface area (Å²) in [5, 5.41) is 15.1. The van der Waals surface area contributed by atoms with Gasteiger partial charge in [-0.1, -0.05) is 127 Å². The minimum absolute atomic E-state index is 0.454. The van der Waals surface area contributed by atoms with Crippen LogP contribution >= 0.6 is 0 Å². The Morgan fingerprint density at radius 2 is 1.07 bits per heavy atom. The predicted octanol–water partition coefficient (Wildman–Crippen LogP) is 13.4. The van der Waals surface area contributed by atoms with Crippen molar-refractivity contribution in [3.05, 3.63) is 199 Å². The van der Waals surface area contributed by atoms with Crippen LogP contribution in [0.2, 0.25) is 0 Å². The molecule has 13 rings (SSSR count). The van der Waals surface area contributed by atoms with Gasteiger partial charge in [0.25, 0.3) is 0 Å². The fourth-order valence-corrected chi connectivity index (χ4v) is 9.23. The van der Waals surface area contributed by atoms with E-state index >= 15 is 0 Å². The third-order valence-electron chi connectivity index (χ3n) is 12.0. The van der Waals surface area contributed by atoms with Gasteiger partial charge in [-0.05, 0) is 81.7 Å². The van der Waals surface area contributed by atoms with Crippen LogP contribution in [0.1, 0.15) is 22.9 Å². The summed E-state index contributed by atoms with van der Waals surface area (Å²) in [6.07, 6.45) is -0.454. The monoisotopic (exact) mass is 756 g/mol. The molecular weight excluding hydrogens is 725 g/mol. The Balaban J connectivity index is 1.09. The van der Waals surface area contributed by atoms with E-state index in [9.17, 15) is 0 Å². The maximum absolute atomic E-state index is 6.80. The molecule has 0 spiro atoms. The van der Waals surface area contributed by atoms with Gasteiger partial charge >= 0.3 is 0 Å². The molecule has 1 unspecified atom stereocenters. The molecule has 0 saturated carbocycles. The number of aromatic nitrogens is 1. The fraction of sp³-hybridized carbons (Fsp3) is 0.0189. The van der Waals surface area contributed by atoms with Crippen LogP contribution in [0.3, 0.4) is 0 Å². The molecule has 12 aromatic rings. The van der Waals surface area contributed by atoms with Gasteiger partial charge in [0.1, 0.15) is 34.3 Å². The number of furan rings is 2. The van der Waals surface area contributed by atoms with Gasteiger partial charge in [0.05, 0.1) is 22.2 Å². The van der Waals surface area contributed by atoms with Crippen molar-refractivity contribution in [1.29, 1.82) is 0 Å². The Morgan fingerprint density at radius 3 is 1.86 bits per heavy atom. The second kappa shape index (κ2) is 12.3. The van der Waals surface area contributed by atoms with Gasteiger partial charge in [0.15, 0.2) is 5.84 Å². The van der Waals surface area contributed by atoms with Crippen LogP contribution in [-0.4, -0.2) is 16.2 Å². The highest BCUT2D eigenvalue weighted by atomic mass is 16.3. The number of fused-ring (bicyclic) bond motifs is 11. The molecule has 276 valence electrons. The molecule has 0 radical (unpaired) electrons. The van der Waals surface area contributed by atoms with E-state index in [2.05, 4.69) is 162 Å². The molecule has 1 atom stereocenters. The molecule has 4 heterocycles. The van der Waals surface area contributed by atoms with Crippen molar-refractivity contribution >= 4 is 98.9 Å². The second-order valence-corrected chi connectivity index (χ2v) is 15.4. The zero-order valence-corrected chi connectivity index (χ0v) is 31.6. The summed E-state index contributed by atoms with van der Waals surface area (Å²) in [7, 11) is 0. The lowest BCUT2D eigenvalue weighted by Crippen LogP contribution is -2.33. The summed E-state index contributed by atoms with van der Waals surface area (Å²) in [4.78, 5) is 10.8. The van der Waals surface area contributed by atoms with E-state index in [1.165, 1.54) is 26.9 Å². The van der Waals surface area contributed by atoms with Gasteiger partial charge in [-0.2, -0.15) is 0 Å². The highest BCUT2D eigenvalue weighted by Crippen LogP contribution is 2.40. The van der Waals surface area contributed by atoms with E-state index in [4.69, 9.17) is 18.8 Å². The summed E-state index contributed by atoms with van der Waals surface area (Å²) in [6, 6.07) is 64.0. The van der Waals surface area contributed by atoms with Crippen LogP contribution < -0.4 is 5.32 Å². The van der Waals surface area contributed by atoms with Gasteiger partial charge in [0.2, 0.25) is 0 Å². The highest BCUT2D eigenvalue weighted by molar-refractivity contribution is 6.23. The molecule has 0 fully saturated rings. The lowest BCUT2D eigenvalue weighted by Gasteiger charge is -2.24. The lowest BCUT2D eigenvalue weighted by molar-refractivity contribution is 0.658. The van der Waals surface area contributed by atoms with Crippen LogP contribution in [-0.2, 0) is 0 Å². The van der Waals surface area contributed by atoms with Crippen LogP contribution in [0.25, 0.3) is 92.9 Å². The molecule has 6 heteroatoms. The van der Waals surface area contributed by atoms with Crippen molar-refractivity contribution in [2.75, 3.05) is 0 Å². The van der Waals surface area contributed by atoms with E-state index in [-0.39, 0.29) is 0 Å². The minimum atomic E-state index is -0.454. The third-order valence-corrected chi connectivity index (χ3v) is 12.0. The molecule has 0 bridgehead atoms. The maximum Gasteiger partial charge on any atom is 0.163 e. The summed E-state index contributed by atoms with van der Waals surface area (Å²) in [5.41, 5.74) is 9.13. The first-order valence-corrected chi connectivity index (χ1v) is 19.9. The molecule has 0 saturated heterocycles. The van der Waals surface area contributed by atoms with Gasteiger partial charge < -0.3 is 18.7 Å². The van der Waals surface area contributed by atoms with E-state index in [0.29, 0.717) is 11.7 Å². The van der Waals surface area contributed by atoms with Crippen molar-refractivity contribution in [3.63, 3.8) is 0 Å². The molecule has 1 aliphatic heterocycles. The summed E-state index contributed by atoms with van der Waals surface area (Å²) >= 11 is 0. The fourth-order valence-electron chi connectivity index (χ4n) is 9.23. The number of para-hydroxylation sites is 4. The molecule has 0 aliphatic carbocycles. The molecule has 3 aromatic heterocycles. The van der Waals surface area contributed by atoms with Crippen molar-refractivity contribution < 1.29 is 8.83 Å². The second-order valence-electron chi connectivity index (χ2n) is 15.4. The molecule has 9 aromatic carbocycles. The van der Waals surface area contributed by atoms with Crippen molar-refractivity contribution in [1.82, 2.24) is 9.88 Å². The normalized spacial score (nSPS) is 14.6. The number of nitrogens with one attached hydrogen (secondary N) is 1. The number of rotatable bonds is 4. The topological polar surface area (TPSA) is 68.0 Å². The number of nitrogens with zero attached hydrogens (tertiary/aromatic N) is 3. The summed E-state index contributed by atoms with van der Waals surface area (Å²) < 4.78 is 15.8. The third kappa shape index (κ3) is 4.87. The number of aliphatic imine (C=N–C) groups is 2. The lowest BCUT2D eigenvalue weighted by atomic mass is 10.0. The van der Waals surface area contributed by atoms with Crippen molar-refractivity contribution in [2.45, 2.75) is 6.17 Å². The average Bonchev–Trinajstić information content (AvgIpc) is 3.97. The zero-order valence-electron chi connectivity index (χ0n) is 31.6. The Morgan fingerprint density at radius 1 is 0.441 bits per heavy atom. The number of amidine groups is 2. The van der Waals surface area contributed by atoms with Crippen molar-refractivity contribution in [2.24, 2.45) is 9.98 Å². The molecule has 1 N–H and O–H groups in total. The first kappa shape index (κ1) is 32.2. The largest absolute Gasteiger partial charge is 0.455 e. The Kier molecular flexibility index (Phi) is 6.69. The summed E-state index contributed by atoms with van der Waals surface area (Å²) in [6.45, 7) is 0. The van der Waals surface area contributed by atoms with Crippen LogP contribution in [0.4, 0.5) is 0 Å². The number of hydrogen-bond acceptors (Lipinski definition) is 5. The van der Waals surface area contributed by atoms with Crippen LogP contribution in [0.5, 0.6) is 0 Å². The molecule has 1 aliphatic rings. The van der Waals surface area contributed by atoms with Crippen LogP contribution in [0, 0.1) is 0 Å². The Bertz CT molecular complexity index is 3790. The number of hydrogen-bond donors (Lipinski definition) is 1. The quantitative estimate of drug-likeness (QED) is 0.194. The van der Waals surface area contributed by atoms with Crippen molar-refractivity contribution in [3.8, 4) is 5.69 Å². The first-order chi connectivity index (χ1) is 29.2. The first-order valence-electron chi connectivity index (χ1n) is 19.9. The molecule has 0 amide bonds. The summed E-state index contributed by atoms with van der Waals surface area (Å²) in [5.74, 6) is 1.25. The Labute approximate surface area is 336 Å². The smallest absolute Gasteiger partial charge is 0.163 e. The molecule has 59 heavy (non-hydrogen) atoms. The van der Waals surface area contributed by atoms with E-state index in [1.54, 1.807) is 0 Å². The number of benzene rings is 9. The van der Waals surface area contributed by atoms with E-state index < -0.39 is 6.17 Å². The SMILES string of the molecule is c1ccc2cc(C3N=C(c4cccc5c4oc4ccccc45)N=C(c4cc(-n5c6ccccc6c6cc7ccccc7cc65)cc5c4oc4ccccc45)N3)ccc2c1. The predicted molar refractivity (Wildman–Crippen MR) is 242 cm³/mol. The molecular formula is C53H32N4O2. The highest BCUT2D eigenvalue weighted by Gasteiger charge is 2.27. The van der Waals surface area contributed by atoms with Crippen LogP contribution in [0.15, 0.2) is 201 Å². The molecule has 6 nitrogen and oxygen atoms in total.